The normalized spacial score (nSPS) is 10.7. The fourth-order valence-electron chi connectivity index (χ4n) is 1.96. The molecule has 0 unspecified atom stereocenters. The molecule has 7 heteroatoms. The van der Waals surface area contributed by atoms with Crippen LogP contribution in [-0.4, -0.2) is 15.6 Å². The molecule has 1 heterocycles. The number of halogens is 2. The predicted molar refractivity (Wildman–Crippen MR) is 87.1 cm³/mol. The number of nitrogens with two attached hydrogens (primary N) is 1. The summed E-state index contributed by atoms with van der Waals surface area (Å²) in [5, 5.41) is 12.5. The second kappa shape index (κ2) is 6.49. The Morgan fingerprint density at radius 2 is 2.24 bits per heavy atom. The van der Waals surface area contributed by atoms with E-state index in [1.807, 2.05) is 14.0 Å². The van der Waals surface area contributed by atoms with Crippen molar-refractivity contribution in [2.45, 2.75) is 20.0 Å². The van der Waals surface area contributed by atoms with Crippen molar-refractivity contribution >= 4 is 33.4 Å². The molecule has 3 N–H and O–H groups in total. The lowest BCUT2D eigenvalue weighted by Gasteiger charge is -2.11. The Morgan fingerprint density at radius 1 is 1.52 bits per heavy atom. The number of hydrogen-bond acceptors (Lipinski definition) is 3. The molecule has 0 aliphatic carbocycles. The van der Waals surface area contributed by atoms with Crippen molar-refractivity contribution in [3.05, 3.63) is 44.6 Å². The van der Waals surface area contributed by atoms with Crippen molar-refractivity contribution < 1.29 is 4.74 Å². The summed E-state index contributed by atoms with van der Waals surface area (Å²) in [5.41, 5.74) is 7.97. The number of nitrogens with one attached hydrogen (secondary N) is 1. The zero-order valence-corrected chi connectivity index (χ0v) is 14.1. The standard InChI is InChI=1S/C14H16BrClN4O/c1-3-10-13(15)11(20(2)19-10)7-21-12-6-8(16)4-5-9(12)14(17)18/h4-6H,3,7H2,1-2H3,(H3,17,18). The van der Waals surface area contributed by atoms with E-state index in [0.29, 0.717) is 22.9 Å². The molecule has 0 bridgehead atoms. The Balaban J connectivity index is 2.26. The van der Waals surface area contributed by atoms with Crippen LogP contribution in [0.25, 0.3) is 0 Å². The number of aromatic nitrogens is 2. The molecule has 2 aromatic rings. The van der Waals surface area contributed by atoms with Crippen LogP contribution in [0.3, 0.4) is 0 Å². The number of aryl methyl sites for hydroxylation is 2. The second-order valence-electron chi connectivity index (χ2n) is 4.53. The summed E-state index contributed by atoms with van der Waals surface area (Å²) >= 11 is 9.52. The number of benzene rings is 1. The van der Waals surface area contributed by atoms with Crippen molar-refractivity contribution in [1.29, 1.82) is 5.41 Å². The Kier molecular flexibility index (Phi) is 4.90. The molecule has 5 nitrogen and oxygen atoms in total. The van der Waals surface area contributed by atoms with E-state index >= 15 is 0 Å². The summed E-state index contributed by atoms with van der Waals surface area (Å²) in [6.45, 7) is 2.35. The number of rotatable bonds is 5. The summed E-state index contributed by atoms with van der Waals surface area (Å²) in [6.07, 6.45) is 0.838. The van der Waals surface area contributed by atoms with E-state index in [1.165, 1.54) is 0 Å². The van der Waals surface area contributed by atoms with Crippen molar-refractivity contribution in [2.24, 2.45) is 12.8 Å². The van der Waals surface area contributed by atoms with Crippen molar-refractivity contribution in [2.75, 3.05) is 0 Å². The number of ether oxygens (including phenoxy) is 1. The second-order valence-corrected chi connectivity index (χ2v) is 5.76. The maximum Gasteiger partial charge on any atom is 0.132 e. The van der Waals surface area contributed by atoms with Gasteiger partial charge in [0.1, 0.15) is 18.2 Å². The molecule has 0 fully saturated rings. The van der Waals surface area contributed by atoms with Gasteiger partial charge in [0, 0.05) is 12.1 Å². The molecule has 1 aromatic heterocycles. The van der Waals surface area contributed by atoms with E-state index in [-0.39, 0.29) is 5.84 Å². The van der Waals surface area contributed by atoms with Gasteiger partial charge in [-0.3, -0.25) is 10.1 Å². The molecular formula is C14H16BrClN4O. The van der Waals surface area contributed by atoms with Gasteiger partial charge in [0.25, 0.3) is 0 Å². The zero-order chi connectivity index (χ0) is 15.6. The van der Waals surface area contributed by atoms with Gasteiger partial charge in [0.2, 0.25) is 0 Å². The van der Waals surface area contributed by atoms with Crippen LogP contribution in [0, 0.1) is 5.41 Å². The molecule has 0 saturated carbocycles. The van der Waals surface area contributed by atoms with Gasteiger partial charge in [-0.1, -0.05) is 18.5 Å². The fourth-order valence-corrected chi connectivity index (χ4v) is 2.85. The minimum Gasteiger partial charge on any atom is -0.486 e. The fraction of sp³-hybridized carbons (Fsp3) is 0.286. The summed E-state index contributed by atoms with van der Waals surface area (Å²) in [5.74, 6) is 0.432. The number of hydrogen-bond donors (Lipinski definition) is 2. The first kappa shape index (κ1) is 15.9. The third kappa shape index (κ3) is 3.39. The average Bonchev–Trinajstić information content (AvgIpc) is 2.71. The zero-order valence-electron chi connectivity index (χ0n) is 11.8. The summed E-state index contributed by atoms with van der Waals surface area (Å²) in [6, 6.07) is 5.01. The van der Waals surface area contributed by atoms with Gasteiger partial charge in [-0.25, -0.2) is 0 Å². The van der Waals surface area contributed by atoms with E-state index in [1.54, 1.807) is 22.9 Å². The first-order valence-corrected chi connectivity index (χ1v) is 7.58. The van der Waals surface area contributed by atoms with Gasteiger partial charge in [0.15, 0.2) is 0 Å². The van der Waals surface area contributed by atoms with Crippen molar-refractivity contribution in [1.82, 2.24) is 9.78 Å². The molecule has 1 aromatic carbocycles. The molecule has 0 saturated heterocycles. The summed E-state index contributed by atoms with van der Waals surface area (Å²) in [7, 11) is 1.87. The smallest absolute Gasteiger partial charge is 0.132 e. The van der Waals surface area contributed by atoms with Crippen LogP contribution in [0.2, 0.25) is 5.02 Å². The third-order valence-corrected chi connectivity index (χ3v) is 4.25. The van der Waals surface area contributed by atoms with Crippen molar-refractivity contribution in [3.63, 3.8) is 0 Å². The Bertz CT molecular complexity index is 684. The molecule has 0 radical (unpaired) electrons. The van der Waals surface area contributed by atoms with Gasteiger partial charge in [-0.05, 0) is 40.5 Å². The molecular weight excluding hydrogens is 356 g/mol. The molecule has 0 aliphatic rings. The van der Waals surface area contributed by atoms with Crippen molar-refractivity contribution in [3.8, 4) is 5.75 Å². The topological polar surface area (TPSA) is 76.9 Å². The van der Waals surface area contributed by atoms with Crippen LogP contribution >= 0.6 is 27.5 Å². The maximum absolute atomic E-state index is 7.58. The van der Waals surface area contributed by atoms with Crippen LogP contribution in [0.5, 0.6) is 5.75 Å². The minimum absolute atomic E-state index is 0.0556. The van der Waals surface area contributed by atoms with Crippen LogP contribution in [-0.2, 0) is 20.1 Å². The van der Waals surface area contributed by atoms with Gasteiger partial charge in [-0.2, -0.15) is 5.10 Å². The maximum atomic E-state index is 7.58. The largest absolute Gasteiger partial charge is 0.486 e. The Morgan fingerprint density at radius 3 is 2.81 bits per heavy atom. The lowest BCUT2D eigenvalue weighted by atomic mass is 10.2. The number of amidine groups is 1. The Hall–Kier alpha value is -1.53. The van der Waals surface area contributed by atoms with Crippen LogP contribution < -0.4 is 10.5 Å². The molecule has 0 spiro atoms. The molecule has 0 amide bonds. The SMILES string of the molecule is CCc1nn(C)c(COc2cc(Cl)ccc2C(=N)N)c1Br. The quantitative estimate of drug-likeness (QED) is 0.625. The lowest BCUT2D eigenvalue weighted by molar-refractivity contribution is 0.293. The highest BCUT2D eigenvalue weighted by Crippen LogP contribution is 2.26. The summed E-state index contributed by atoms with van der Waals surface area (Å²) < 4.78 is 8.51. The first-order valence-electron chi connectivity index (χ1n) is 6.41. The molecule has 21 heavy (non-hydrogen) atoms. The highest BCUT2D eigenvalue weighted by atomic mass is 79.9. The molecule has 0 aliphatic heterocycles. The van der Waals surface area contributed by atoms with Gasteiger partial charge >= 0.3 is 0 Å². The number of nitrogen functional groups attached to an aromatic ring is 1. The third-order valence-electron chi connectivity index (χ3n) is 3.10. The molecule has 0 atom stereocenters. The average molecular weight is 372 g/mol. The highest BCUT2D eigenvalue weighted by molar-refractivity contribution is 9.10. The van der Waals surface area contributed by atoms with E-state index in [2.05, 4.69) is 21.0 Å². The van der Waals surface area contributed by atoms with Gasteiger partial charge in [-0.15, -0.1) is 0 Å². The first-order chi connectivity index (χ1) is 9.93. The van der Waals surface area contributed by atoms with E-state index in [4.69, 9.17) is 27.5 Å². The van der Waals surface area contributed by atoms with Gasteiger partial charge < -0.3 is 10.5 Å². The lowest BCUT2D eigenvalue weighted by Crippen LogP contribution is -2.13. The van der Waals surface area contributed by atoms with E-state index in [9.17, 15) is 0 Å². The summed E-state index contributed by atoms with van der Waals surface area (Å²) in [4.78, 5) is 0. The van der Waals surface area contributed by atoms with Crippen LogP contribution in [0.4, 0.5) is 0 Å². The molecule has 2 rings (SSSR count). The van der Waals surface area contributed by atoms with E-state index < -0.39 is 0 Å². The molecule has 112 valence electrons. The number of nitrogens with zero attached hydrogens (tertiary/aromatic N) is 2. The van der Waals surface area contributed by atoms with E-state index in [0.717, 1.165) is 22.3 Å². The predicted octanol–water partition coefficient (Wildman–Crippen LogP) is 3.26. The van der Waals surface area contributed by atoms with Crippen LogP contribution in [0.15, 0.2) is 22.7 Å². The highest BCUT2D eigenvalue weighted by Gasteiger charge is 2.14. The minimum atomic E-state index is -0.0556. The monoisotopic (exact) mass is 370 g/mol. The Labute approximate surface area is 136 Å². The van der Waals surface area contributed by atoms with Crippen LogP contribution in [0.1, 0.15) is 23.9 Å². The van der Waals surface area contributed by atoms with Gasteiger partial charge in [0.05, 0.1) is 21.4 Å².